The average Bonchev–Trinajstić information content (AvgIpc) is 2.16. The van der Waals surface area contributed by atoms with E-state index in [2.05, 4.69) is 4.99 Å². The molecule has 0 unspecified atom stereocenters. The van der Waals surface area contributed by atoms with Gasteiger partial charge in [0.25, 0.3) is 0 Å². The number of carboxylic acids is 1. The van der Waals surface area contributed by atoms with Crippen molar-refractivity contribution in [1.82, 2.24) is 5.48 Å². The molecule has 15 heavy (non-hydrogen) atoms. The van der Waals surface area contributed by atoms with E-state index in [1.54, 1.807) is 6.92 Å². The van der Waals surface area contributed by atoms with E-state index >= 15 is 0 Å². The average molecular weight is 282 g/mol. The van der Waals surface area contributed by atoms with Gasteiger partial charge in [-0.1, -0.05) is 0 Å². The Kier molecular flexibility index (Phi) is 6.51. The molecule has 0 heterocycles. The van der Waals surface area contributed by atoms with Crippen molar-refractivity contribution >= 4 is 26.8 Å². The molecule has 0 aliphatic carbocycles. The van der Waals surface area contributed by atoms with Gasteiger partial charge in [0.1, 0.15) is 0 Å². The summed E-state index contributed by atoms with van der Waals surface area (Å²) in [6.07, 6.45) is 0. The van der Waals surface area contributed by atoms with E-state index in [1.165, 1.54) is 6.92 Å². The molecule has 0 aromatic heterocycles. The van der Waals surface area contributed by atoms with Crippen LogP contribution >= 0.6 is 0 Å². The topological polar surface area (TPSA) is 108 Å². The van der Waals surface area contributed by atoms with Gasteiger partial charge < -0.3 is 0 Å². The van der Waals surface area contributed by atoms with Gasteiger partial charge in [0.15, 0.2) is 0 Å². The van der Waals surface area contributed by atoms with Crippen LogP contribution in [0.1, 0.15) is 13.8 Å². The molecule has 7 heteroatoms. The van der Waals surface area contributed by atoms with Crippen LogP contribution in [0.25, 0.3) is 0 Å². The summed E-state index contributed by atoms with van der Waals surface area (Å²) in [5.41, 5.74) is 6.35. The number of rotatable bonds is 6. The van der Waals surface area contributed by atoms with Crippen LogP contribution in [0, 0.1) is 0 Å². The van der Waals surface area contributed by atoms with Crippen molar-refractivity contribution < 1.29 is 15.1 Å². The normalized spacial score (nSPS) is 15.9. The number of aliphatic imine (C=N–C) groups is 1. The number of hydrogen-bond acceptors (Lipinski definition) is 4. The van der Waals surface area contributed by atoms with Crippen LogP contribution in [-0.4, -0.2) is 49.2 Å². The third-order valence-electron chi connectivity index (χ3n) is 1.64. The Morgan fingerprint density at radius 2 is 2.27 bits per heavy atom. The van der Waals surface area contributed by atoms with Gasteiger partial charge in [0.2, 0.25) is 0 Å². The summed E-state index contributed by atoms with van der Waals surface area (Å²) in [7, 11) is 0. The number of amidine groups is 1. The van der Waals surface area contributed by atoms with Crippen molar-refractivity contribution in [2.75, 3.05) is 6.54 Å². The molecule has 0 bridgehead atoms. The first-order valence-electron chi connectivity index (χ1n) is 4.41. The second-order valence-corrected chi connectivity index (χ2v) is 5.67. The van der Waals surface area contributed by atoms with E-state index < -0.39 is 11.5 Å². The van der Waals surface area contributed by atoms with Gasteiger partial charge in [-0.3, -0.25) is 0 Å². The van der Waals surface area contributed by atoms with E-state index in [4.69, 9.17) is 16.0 Å². The molecule has 0 fully saturated rings. The van der Waals surface area contributed by atoms with Crippen molar-refractivity contribution in [2.45, 2.75) is 30.0 Å². The number of hydroxylamine groups is 1. The second kappa shape index (κ2) is 6.79. The maximum absolute atomic E-state index is 10.7. The Bertz CT molecular complexity index is 243. The zero-order valence-corrected chi connectivity index (χ0v) is 10.6. The van der Waals surface area contributed by atoms with Crippen molar-refractivity contribution in [2.24, 2.45) is 10.7 Å². The van der Waals surface area contributed by atoms with Crippen LogP contribution in [0.4, 0.5) is 0 Å². The van der Waals surface area contributed by atoms with Crippen molar-refractivity contribution in [3.8, 4) is 0 Å². The summed E-state index contributed by atoms with van der Waals surface area (Å²) < 4.78 is 0. The quantitative estimate of drug-likeness (QED) is 0.176. The summed E-state index contributed by atoms with van der Waals surface area (Å²) in [6, 6.07) is 0. The Morgan fingerprint density at radius 1 is 1.67 bits per heavy atom. The summed E-state index contributed by atoms with van der Waals surface area (Å²) in [6.45, 7) is 3.74. The number of aliphatic carboxylic acids is 1. The number of hydrogen-bond donors (Lipinski definition) is 4. The monoisotopic (exact) mass is 283 g/mol. The standard InChI is InChI=1S/C8H17N3O3Se/c1-6(11-14)10-3-4-15-5-8(2,9)7(12)13/h14H,3-5,9H2,1-2H3,(H,10,11)(H,12,13)/t8-/m0/s1. The number of nitrogens with zero attached hydrogens (tertiary/aromatic N) is 1. The zero-order valence-electron chi connectivity index (χ0n) is 8.86. The van der Waals surface area contributed by atoms with Crippen LogP contribution in [0.5, 0.6) is 0 Å². The fourth-order valence-electron chi connectivity index (χ4n) is 0.659. The van der Waals surface area contributed by atoms with Crippen LogP contribution in [0.3, 0.4) is 0 Å². The number of nitrogens with one attached hydrogen (secondary N) is 1. The third-order valence-corrected chi connectivity index (χ3v) is 4.31. The first-order chi connectivity index (χ1) is 6.90. The van der Waals surface area contributed by atoms with Gasteiger partial charge in [-0.2, -0.15) is 0 Å². The van der Waals surface area contributed by atoms with Gasteiger partial charge in [-0.25, -0.2) is 0 Å². The van der Waals surface area contributed by atoms with Gasteiger partial charge in [0.05, 0.1) is 0 Å². The molecule has 5 N–H and O–H groups in total. The molecule has 88 valence electrons. The maximum atomic E-state index is 10.7. The summed E-state index contributed by atoms with van der Waals surface area (Å²) in [5.74, 6) is -0.513. The second-order valence-electron chi connectivity index (χ2n) is 3.35. The van der Waals surface area contributed by atoms with Crippen molar-refractivity contribution in [3.05, 3.63) is 0 Å². The molecule has 0 saturated carbocycles. The van der Waals surface area contributed by atoms with E-state index in [1.807, 2.05) is 5.48 Å². The molecular formula is C8H17N3O3Se. The summed E-state index contributed by atoms with van der Waals surface area (Å²) >= 11 is 0.154. The summed E-state index contributed by atoms with van der Waals surface area (Å²) in [5, 5.41) is 18.5. The van der Waals surface area contributed by atoms with Gasteiger partial charge >= 0.3 is 94.6 Å². The predicted molar refractivity (Wildman–Crippen MR) is 58.5 cm³/mol. The van der Waals surface area contributed by atoms with Crippen LogP contribution in [-0.2, 0) is 4.79 Å². The first-order valence-corrected chi connectivity index (χ1v) is 6.83. The Balaban J connectivity index is 3.68. The zero-order chi connectivity index (χ0) is 11.9. The molecule has 0 aromatic rings. The Hall–Kier alpha value is -0.621. The minimum atomic E-state index is -1.13. The van der Waals surface area contributed by atoms with E-state index in [0.29, 0.717) is 17.7 Å². The summed E-state index contributed by atoms with van der Waals surface area (Å²) in [4.78, 5) is 14.6. The van der Waals surface area contributed by atoms with Crippen LogP contribution in [0.15, 0.2) is 4.99 Å². The molecule has 0 aliphatic heterocycles. The van der Waals surface area contributed by atoms with Gasteiger partial charge in [-0.15, -0.1) is 0 Å². The molecule has 0 radical (unpaired) electrons. The van der Waals surface area contributed by atoms with Crippen molar-refractivity contribution in [1.29, 1.82) is 0 Å². The third kappa shape index (κ3) is 6.46. The van der Waals surface area contributed by atoms with Gasteiger partial charge in [0, 0.05) is 0 Å². The molecule has 6 nitrogen and oxygen atoms in total. The molecule has 0 aliphatic rings. The molecular weight excluding hydrogens is 265 g/mol. The van der Waals surface area contributed by atoms with E-state index in [-0.39, 0.29) is 15.0 Å². The number of carboxylic acid groups (broad SMARTS) is 1. The first kappa shape index (κ1) is 14.4. The van der Waals surface area contributed by atoms with Crippen molar-refractivity contribution in [3.63, 3.8) is 0 Å². The molecule has 0 rings (SSSR count). The Morgan fingerprint density at radius 3 is 2.73 bits per heavy atom. The minimum absolute atomic E-state index is 0.154. The molecule has 0 amide bonds. The van der Waals surface area contributed by atoms with Gasteiger partial charge in [-0.05, 0) is 0 Å². The SMILES string of the molecule is CC(=NCC[Se]C[C@](C)(N)C(=O)O)NO. The predicted octanol–water partition coefficient (Wildman–Crippen LogP) is -0.274. The number of nitrogens with two attached hydrogens (primary N) is 1. The molecule has 1 atom stereocenters. The van der Waals surface area contributed by atoms with E-state index in [9.17, 15) is 4.79 Å². The fraction of sp³-hybridized carbons (Fsp3) is 0.750. The molecule has 0 spiro atoms. The van der Waals surface area contributed by atoms with Crippen LogP contribution < -0.4 is 11.2 Å². The number of carbonyl (C=O) groups is 1. The van der Waals surface area contributed by atoms with E-state index in [0.717, 1.165) is 5.32 Å². The molecule has 0 aromatic carbocycles. The molecule has 0 saturated heterocycles. The fourth-order valence-corrected chi connectivity index (χ4v) is 2.57. The van der Waals surface area contributed by atoms with Crippen LogP contribution in [0.2, 0.25) is 10.6 Å². The Labute approximate surface area is 95.1 Å².